The molecule has 7 heteroatoms. The van der Waals surface area contributed by atoms with E-state index in [1.807, 2.05) is 0 Å². The van der Waals surface area contributed by atoms with Crippen LogP contribution in [0.2, 0.25) is 0 Å². The number of ether oxygens (including phenoxy) is 1. The normalized spacial score (nSPS) is 15.1. The summed E-state index contributed by atoms with van der Waals surface area (Å²) in [6, 6.07) is 2.93. The van der Waals surface area contributed by atoms with Crippen LogP contribution >= 0.6 is 0 Å². The molecule has 17 heavy (non-hydrogen) atoms. The minimum atomic E-state index is -3.87. The maximum Gasteiger partial charge on any atom is 0.241 e. The number of primary sulfonamides is 1. The minimum absolute atomic E-state index is 0.124. The van der Waals surface area contributed by atoms with Crippen molar-refractivity contribution in [1.29, 1.82) is 0 Å². The van der Waals surface area contributed by atoms with Gasteiger partial charge in [-0.3, -0.25) is 4.79 Å². The Labute approximate surface area is 98.8 Å². The largest absolute Gasteiger partial charge is 0.495 e. The molecule has 1 aliphatic heterocycles. The summed E-state index contributed by atoms with van der Waals surface area (Å²) in [7, 11) is -2.50. The number of carbonyl (C=O) groups is 1. The topological polar surface area (TPSA) is 98.5 Å². The molecule has 1 aliphatic rings. The molecule has 0 radical (unpaired) electrons. The van der Waals surface area contributed by atoms with Crippen molar-refractivity contribution < 1.29 is 17.9 Å². The smallest absolute Gasteiger partial charge is 0.241 e. The van der Waals surface area contributed by atoms with Gasteiger partial charge in [-0.05, 0) is 24.1 Å². The van der Waals surface area contributed by atoms with Crippen LogP contribution < -0.4 is 15.2 Å². The summed E-state index contributed by atoms with van der Waals surface area (Å²) in [6.07, 6.45) is 0.938. The van der Waals surface area contributed by atoms with Crippen molar-refractivity contribution in [2.75, 3.05) is 12.4 Å². The predicted molar refractivity (Wildman–Crippen MR) is 61.3 cm³/mol. The van der Waals surface area contributed by atoms with E-state index in [0.717, 1.165) is 5.56 Å². The molecule has 0 saturated heterocycles. The zero-order valence-corrected chi connectivity index (χ0v) is 10.0. The summed E-state index contributed by atoms with van der Waals surface area (Å²) in [5.41, 5.74) is 1.32. The number of anilines is 1. The Balaban J connectivity index is 2.61. The van der Waals surface area contributed by atoms with Crippen LogP contribution in [0.1, 0.15) is 12.0 Å². The van der Waals surface area contributed by atoms with Gasteiger partial charge in [-0.15, -0.1) is 0 Å². The van der Waals surface area contributed by atoms with Gasteiger partial charge in [0.25, 0.3) is 0 Å². The molecule has 1 aromatic carbocycles. The minimum Gasteiger partial charge on any atom is -0.495 e. The zero-order chi connectivity index (χ0) is 12.6. The van der Waals surface area contributed by atoms with Gasteiger partial charge in [0.2, 0.25) is 15.9 Å². The van der Waals surface area contributed by atoms with E-state index in [-0.39, 0.29) is 16.6 Å². The van der Waals surface area contributed by atoms with Gasteiger partial charge in [0, 0.05) is 12.1 Å². The van der Waals surface area contributed by atoms with Crippen molar-refractivity contribution >= 4 is 21.6 Å². The molecule has 1 aromatic rings. The lowest BCUT2D eigenvalue weighted by Crippen LogP contribution is -2.21. The molecule has 0 aliphatic carbocycles. The molecule has 92 valence electrons. The first-order chi connectivity index (χ1) is 7.91. The third-order valence-electron chi connectivity index (χ3n) is 2.59. The number of fused-ring (bicyclic) bond motifs is 1. The van der Waals surface area contributed by atoms with E-state index in [9.17, 15) is 13.2 Å². The Hall–Kier alpha value is -1.60. The molecular formula is C10H12N2O4S. The SMILES string of the molecule is COc1cc2c(cc1S(N)(=O)=O)NC(=O)CC2. The number of aryl methyl sites for hydroxylation is 1. The monoisotopic (exact) mass is 256 g/mol. The van der Waals surface area contributed by atoms with Gasteiger partial charge in [-0.25, -0.2) is 13.6 Å². The van der Waals surface area contributed by atoms with Crippen molar-refractivity contribution in [2.45, 2.75) is 17.7 Å². The molecule has 0 bridgehead atoms. The van der Waals surface area contributed by atoms with Gasteiger partial charge in [0.1, 0.15) is 10.6 Å². The fraction of sp³-hybridized carbons (Fsp3) is 0.300. The van der Waals surface area contributed by atoms with Gasteiger partial charge < -0.3 is 10.1 Å². The van der Waals surface area contributed by atoms with E-state index in [2.05, 4.69) is 5.32 Å². The quantitative estimate of drug-likeness (QED) is 0.791. The number of nitrogens with one attached hydrogen (secondary N) is 1. The van der Waals surface area contributed by atoms with Crippen LogP contribution in [0.15, 0.2) is 17.0 Å². The van der Waals surface area contributed by atoms with Crippen LogP contribution in [0.5, 0.6) is 5.75 Å². The van der Waals surface area contributed by atoms with Crippen molar-refractivity contribution in [3.05, 3.63) is 17.7 Å². The summed E-state index contributed by atoms with van der Waals surface area (Å²) in [5.74, 6) is 0.0606. The lowest BCUT2D eigenvalue weighted by atomic mass is 10.0. The standard InChI is InChI=1S/C10H12N2O4S/c1-16-8-4-6-2-3-10(13)12-7(6)5-9(8)17(11,14)15/h4-5H,2-3H2,1H3,(H,12,13)(H2,11,14,15). The van der Waals surface area contributed by atoms with E-state index in [4.69, 9.17) is 9.88 Å². The summed E-state index contributed by atoms with van der Waals surface area (Å²) >= 11 is 0. The first-order valence-electron chi connectivity index (χ1n) is 4.95. The van der Waals surface area contributed by atoms with Crippen LogP contribution in [0.3, 0.4) is 0 Å². The summed E-state index contributed by atoms with van der Waals surface area (Å²) in [4.78, 5) is 11.1. The molecule has 2 rings (SSSR count). The molecule has 0 unspecified atom stereocenters. The van der Waals surface area contributed by atoms with Crippen molar-refractivity contribution in [1.82, 2.24) is 0 Å². The Bertz CT molecular complexity index is 580. The van der Waals surface area contributed by atoms with Crippen molar-refractivity contribution in [3.8, 4) is 5.75 Å². The predicted octanol–water partition coefficient (Wildman–Crippen LogP) is 0.227. The molecule has 0 atom stereocenters. The molecule has 0 aromatic heterocycles. The summed E-state index contributed by atoms with van der Waals surface area (Å²) in [5, 5.41) is 7.69. The maximum atomic E-state index is 11.4. The highest BCUT2D eigenvalue weighted by Crippen LogP contribution is 2.32. The fourth-order valence-corrected chi connectivity index (χ4v) is 2.47. The first-order valence-corrected chi connectivity index (χ1v) is 6.50. The molecule has 0 saturated carbocycles. The Morgan fingerprint density at radius 3 is 2.65 bits per heavy atom. The van der Waals surface area contributed by atoms with Crippen LogP contribution in [-0.2, 0) is 21.2 Å². The van der Waals surface area contributed by atoms with Gasteiger partial charge in [0.05, 0.1) is 7.11 Å². The maximum absolute atomic E-state index is 11.4. The number of hydrogen-bond donors (Lipinski definition) is 2. The number of hydrogen-bond acceptors (Lipinski definition) is 4. The van der Waals surface area contributed by atoms with Gasteiger partial charge in [0.15, 0.2) is 0 Å². The van der Waals surface area contributed by atoms with Crippen LogP contribution in [0, 0.1) is 0 Å². The van der Waals surface area contributed by atoms with Crippen LogP contribution in [0.25, 0.3) is 0 Å². The Morgan fingerprint density at radius 1 is 1.35 bits per heavy atom. The third kappa shape index (κ3) is 2.25. The van der Waals surface area contributed by atoms with E-state index < -0.39 is 10.0 Å². The molecule has 3 N–H and O–H groups in total. The van der Waals surface area contributed by atoms with E-state index in [1.165, 1.54) is 13.2 Å². The lowest BCUT2D eigenvalue weighted by molar-refractivity contribution is -0.116. The second kappa shape index (κ2) is 4.01. The highest BCUT2D eigenvalue weighted by atomic mass is 32.2. The highest BCUT2D eigenvalue weighted by Gasteiger charge is 2.22. The molecule has 6 nitrogen and oxygen atoms in total. The number of benzene rings is 1. The second-order valence-corrected chi connectivity index (χ2v) is 5.28. The van der Waals surface area contributed by atoms with E-state index in [1.54, 1.807) is 6.07 Å². The highest BCUT2D eigenvalue weighted by molar-refractivity contribution is 7.89. The van der Waals surface area contributed by atoms with E-state index >= 15 is 0 Å². The number of rotatable bonds is 2. The Kier molecular flexibility index (Phi) is 2.80. The van der Waals surface area contributed by atoms with Gasteiger partial charge in [-0.2, -0.15) is 0 Å². The lowest BCUT2D eigenvalue weighted by Gasteiger charge is -2.19. The fourth-order valence-electron chi connectivity index (χ4n) is 1.77. The number of nitrogens with two attached hydrogens (primary N) is 1. The summed E-state index contributed by atoms with van der Waals surface area (Å²) in [6.45, 7) is 0. The van der Waals surface area contributed by atoms with Crippen molar-refractivity contribution in [3.63, 3.8) is 0 Å². The number of sulfonamides is 1. The molecule has 0 spiro atoms. The van der Waals surface area contributed by atoms with Crippen LogP contribution in [0.4, 0.5) is 5.69 Å². The number of methoxy groups -OCH3 is 1. The van der Waals surface area contributed by atoms with Gasteiger partial charge in [-0.1, -0.05) is 0 Å². The first kappa shape index (κ1) is 11.9. The molecule has 1 heterocycles. The molecule has 0 fully saturated rings. The second-order valence-electron chi connectivity index (χ2n) is 3.75. The van der Waals surface area contributed by atoms with Gasteiger partial charge >= 0.3 is 0 Å². The third-order valence-corrected chi connectivity index (χ3v) is 3.52. The molecule has 1 amide bonds. The average Bonchev–Trinajstić information content (AvgIpc) is 2.26. The van der Waals surface area contributed by atoms with E-state index in [0.29, 0.717) is 18.5 Å². The van der Waals surface area contributed by atoms with Crippen molar-refractivity contribution in [2.24, 2.45) is 5.14 Å². The number of amides is 1. The van der Waals surface area contributed by atoms with Crippen LogP contribution in [-0.4, -0.2) is 21.4 Å². The Morgan fingerprint density at radius 2 is 2.06 bits per heavy atom. The molecular weight excluding hydrogens is 244 g/mol. The number of carbonyl (C=O) groups excluding carboxylic acids is 1. The summed E-state index contributed by atoms with van der Waals surface area (Å²) < 4.78 is 27.7. The average molecular weight is 256 g/mol. The zero-order valence-electron chi connectivity index (χ0n) is 9.19.